The van der Waals surface area contributed by atoms with E-state index in [0.29, 0.717) is 24.3 Å². The molecule has 1 N–H and O–H groups in total. The Morgan fingerprint density at radius 3 is 3.12 bits per heavy atom. The van der Waals surface area contributed by atoms with E-state index in [1.165, 1.54) is 12.1 Å². The first-order valence-electron chi connectivity index (χ1n) is 4.99. The van der Waals surface area contributed by atoms with Crippen LogP contribution in [0.3, 0.4) is 0 Å². The average molecular weight is 219 g/mol. The van der Waals surface area contributed by atoms with Gasteiger partial charge < -0.3 is 9.67 Å². The topological polar surface area (TPSA) is 81.2 Å². The number of non-ortho nitro benzene ring substituents is 1. The molecule has 6 nitrogen and oxygen atoms in total. The Morgan fingerprint density at radius 2 is 2.38 bits per heavy atom. The molecule has 0 fully saturated rings. The van der Waals surface area contributed by atoms with Crippen molar-refractivity contribution < 1.29 is 10.0 Å². The van der Waals surface area contributed by atoms with E-state index in [-0.39, 0.29) is 5.69 Å². The molecular formula is C10H9N3O3. The number of nitro benzene ring substituents is 1. The fourth-order valence-electron chi connectivity index (χ4n) is 2.12. The first kappa shape index (κ1) is 9.29. The highest BCUT2D eigenvalue weighted by Crippen LogP contribution is 2.30. The van der Waals surface area contributed by atoms with Crippen LogP contribution in [0.15, 0.2) is 18.2 Å². The van der Waals surface area contributed by atoms with Gasteiger partial charge in [-0.2, -0.15) is 0 Å². The summed E-state index contributed by atoms with van der Waals surface area (Å²) in [5.41, 5.74) is 1.44. The first-order valence-corrected chi connectivity index (χ1v) is 4.99. The van der Waals surface area contributed by atoms with Crippen LogP contribution in [0, 0.1) is 10.1 Å². The minimum absolute atomic E-state index is 0.0266. The van der Waals surface area contributed by atoms with Crippen molar-refractivity contribution in [1.82, 2.24) is 9.55 Å². The highest BCUT2D eigenvalue weighted by molar-refractivity contribution is 5.79. The van der Waals surface area contributed by atoms with Gasteiger partial charge in [-0.25, -0.2) is 4.98 Å². The van der Waals surface area contributed by atoms with Gasteiger partial charge in [-0.15, -0.1) is 0 Å². The van der Waals surface area contributed by atoms with Crippen molar-refractivity contribution in [3.05, 3.63) is 34.1 Å². The Morgan fingerprint density at radius 1 is 1.56 bits per heavy atom. The van der Waals surface area contributed by atoms with Crippen LogP contribution in [0.2, 0.25) is 0 Å². The van der Waals surface area contributed by atoms with Crippen LogP contribution in [0.5, 0.6) is 0 Å². The molecule has 0 bridgehead atoms. The van der Waals surface area contributed by atoms with Crippen LogP contribution >= 0.6 is 0 Å². The molecule has 2 aromatic rings. The summed E-state index contributed by atoms with van der Waals surface area (Å²) in [6, 6.07) is 4.58. The predicted molar refractivity (Wildman–Crippen MR) is 56.0 cm³/mol. The van der Waals surface area contributed by atoms with Crippen LogP contribution in [-0.2, 0) is 6.54 Å². The maximum absolute atomic E-state index is 10.6. The Hall–Kier alpha value is -1.95. The van der Waals surface area contributed by atoms with Crippen molar-refractivity contribution in [3.63, 3.8) is 0 Å². The van der Waals surface area contributed by atoms with Crippen molar-refractivity contribution in [2.75, 3.05) is 0 Å². The lowest BCUT2D eigenvalue weighted by Gasteiger charge is -1.96. The van der Waals surface area contributed by atoms with E-state index in [0.717, 1.165) is 5.52 Å². The van der Waals surface area contributed by atoms with Gasteiger partial charge in [0.2, 0.25) is 0 Å². The highest BCUT2D eigenvalue weighted by Gasteiger charge is 2.25. The van der Waals surface area contributed by atoms with E-state index in [1.807, 2.05) is 4.57 Å². The van der Waals surface area contributed by atoms with Crippen LogP contribution in [0.1, 0.15) is 18.3 Å². The summed E-state index contributed by atoms with van der Waals surface area (Å²) in [5, 5.41) is 20.2. The van der Waals surface area contributed by atoms with Crippen molar-refractivity contribution in [2.24, 2.45) is 0 Å². The molecule has 82 valence electrons. The highest BCUT2D eigenvalue weighted by atomic mass is 16.6. The maximum Gasteiger partial charge on any atom is 0.271 e. The molecule has 1 aromatic carbocycles. The minimum Gasteiger partial charge on any atom is -0.385 e. The molecule has 0 aliphatic carbocycles. The number of fused-ring (bicyclic) bond motifs is 3. The van der Waals surface area contributed by atoms with E-state index < -0.39 is 11.0 Å². The number of benzene rings is 1. The van der Waals surface area contributed by atoms with E-state index in [4.69, 9.17) is 0 Å². The number of aliphatic hydroxyl groups excluding tert-OH is 1. The standard InChI is InChI=1S/C10H9N3O3/c14-9-3-4-12-8-2-1-6(13(15)16)5-7(8)11-10(9)12/h1-2,5,9,14H,3-4H2. The average Bonchev–Trinajstić information content (AvgIpc) is 2.78. The van der Waals surface area contributed by atoms with Gasteiger partial charge in [0.05, 0.1) is 16.0 Å². The molecule has 0 spiro atoms. The van der Waals surface area contributed by atoms with Crippen LogP contribution in [0.25, 0.3) is 11.0 Å². The second kappa shape index (κ2) is 3.02. The summed E-state index contributed by atoms with van der Waals surface area (Å²) in [6.45, 7) is 0.713. The van der Waals surface area contributed by atoms with Gasteiger partial charge in [-0.05, 0) is 12.5 Å². The second-order valence-electron chi connectivity index (χ2n) is 3.86. The molecule has 1 aliphatic rings. The zero-order chi connectivity index (χ0) is 11.3. The van der Waals surface area contributed by atoms with Crippen LogP contribution in [-0.4, -0.2) is 19.6 Å². The number of nitrogens with zero attached hydrogens (tertiary/aromatic N) is 3. The molecule has 2 heterocycles. The molecule has 1 unspecified atom stereocenters. The van der Waals surface area contributed by atoms with Crippen molar-refractivity contribution in [1.29, 1.82) is 0 Å². The number of imidazole rings is 1. The van der Waals surface area contributed by atoms with Gasteiger partial charge in [0.1, 0.15) is 11.9 Å². The molecule has 0 saturated carbocycles. The number of aromatic nitrogens is 2. The first-order chi connectivity index (χ1) is 7.66. The number of nitro groups is 1. The summed E-state index contributed by atoms with van der Waals surface area (Å²) >= 11 is 0. The molecule has 0 saturated heterocycles. The summed E-state index contributed by atoms with van der Waals surface area (Å²) in [4.78, 5) is 14.4. The fourth-order valence-corrected chi connectivity index (χ4v) is 2.12. The molecule has 1 aliphatic heterocycles. The van der Waals surface area contributed by atoms with Crippen molar-refractivity contribution in [2.45, 2.75) is 19.1 Å². The monoisotopic (exact) mass is 219 g/mol. The van der Waals surface area contributed by atoms with Gasteiger partial charge >= 0.3 is 0 Å². The Kier molecular flexibility index (Phi) is 1.75. The van der Waals surface area contributed by atoms with E-state index >= 15 is 0 Å². The van der Waals surface area contributed by atoms with Crippen LogP contribution < -0.4 is 0 Å². The largest absolute Gasteiger partial charge is 0.385 e. The van der Waals surface area contributed by atoms with Gasteiger partial charge in [-0.3, -0.25) is 10.1 Å². The van der Waals surface area contributed by atoms with Crippen molar-refractivity contribution >= 4 is 16.7 Å². The zero-order valence-electron chi connectivity index (χ0n) is 8.33. The zero-order valence-corrected chi connectivity index (χ0v) is 8.33. The van der Waals surface area contributed by atoms with Gasteiger partial charge in [0, 0.05) is 18.7 Å². The number of hydrogen-bond donors (Lipinski definition) is 1. The SMILES string of the molecule is O=[N+]([O-])c1ccc2c(c1)nc1n2CCC1O. The number of rotatable bonds is 1. The molecule has 0 radical (unpaired) electrons. The summed E-state index contributed by atoms with van der Waals surface area (Å²) < 4.78 is 1.91. The molecule has 6 heteroatoms. The lowest BCUT2D eigenvalue weighted by molar-refractivity contribution is -0.384. The second-order valence-corrected chi connectivity index (χ2v) is 3.86. The Bertz CT molecular complexity index is 590. The minimum atomic E-state index is -0.550. The smallest absolute Gasteiger partial charge is 0.271 e. The summed E-state index contributed by atoms with van der Waals surface area (Å²) in [7, 11) is 0. The Labute approximate surface area is 90.3 Å². The third-order valence-electron chi connectivity index (χ3n) is 2.90. The van der Waals surface area contributed by atoms with Gasteiger partial charge in [0.25, 0.3) is 5.69 Å². The van der Waals surface area contributed by atoms with E-state index in [2.05, 4.69) is 4.98 Å². The third kappa shape index (κ3) is 1.13. The molecule has 1 atom stereocenters. The predicted octanol–water partition coefficient (Wildman–Crippen LogP) is 1.38. The van der Waals surface area contributed by atoms with E-state index in [9.17, 15) is 15.2 Å². The molecule has 1 aromatic heterocycles. The normalized spacial score (nSPS) is 18.9. The lowest BCUT2D eigenvalue weighted by atomic mass is 10.2. The fraction of sp³-hybridized carbons (Fsp3) is 0.300. The Balaban J connectivity index is 2.24. The number of hydrogen-bond acceptors (Lipinski definition) is 4. The molecule has 0 amide bonds. The molecular weight excluding hydrogens is 210 g/mol. The van der Waals surface area contributed by atoms with Gasteiger partial charge in [0.15, 0.2) is 0 Å². The van der Waals surface area contributed by atoms with E-state index in [1.54, 1.807) is 6.07 Å². The number of aryl methyl sites for hydroxylation is 1. The number of aliphatic hydroxyl groups is 1. The lowest BCUT2D eigenvalue weighted by Crippen LogP contribution is -1.93. The summed E-state index contributed by atoms with van der Waals surface area (Å²) in [5.74, 6) is 0.607. The maximum atomic E-state index is 10.6. The van der Waals surface area contributed by atoms with Crippen molar-refractivity contribution in [3.8, 4) is 0 Å². The van der Waals surface area contributed by atoms with Crippen LogP contribution in [0.4, 0.5) is 5.69 Å². The third-order valence-corrected chi connectivity index (χ3v) is 2.90. The quantitative estimate of drug-likeness (QED) is 0.580. The van der Waals surface area contributed by atoms with Gasteiger partial charge in [-0.1, -0.05) is 0 Å². The molecule has 3 rings (SSSR count). The summed E-state index contributed by atoms with van der Waals surface area (Å²) in [6.07, 6.45) is 0.112. The molecule has 16 heavy (non-hydrogen) atoms.